The van der Waals surface area contributed by atoms with Crippen molar-refractivity contribution in [2.45, 2.75) is 51.5 Å². The summed E-state index contributed by atoms with van der Waals surface area (Å²) < 4.78 is 0. The third-order valence-corrected chi connectivity index (χ3v) is 12.7. The van der Waals surface area contributed by atoms with E-state index in [4.69, 9.17) is 0 Å². The summed E-state index contributed by atoms with van der Waals surface area (Å²) >= 11 is 0. The molecule has 0 amide bonds. The Labute approximate surface area is 325 Å². The highest BCUT2D eigenvalue weighted by Gasteiger charge is 2.43. The summed E-state index contributed by atoms with van der Waals surface area (Å²) in [6.07, 6.45) is 9.10. The van der Waals surface area contributed by atoms with Gasteiger partial charge in [0.05, 0.1) is 6.04 Å². The van der Waals surface area contributed by atoms with Crippen LogP contribution >= 0.6 is 0 Å². The first-order valence-electron chi connectivity index (χ1n) is 19.7. The van der Waals surface area contributed by atoms with Gasteiger partial charge in [-0.25, -0.2) is 0 Å². The lowest BCUT2D eigenvalue weighted by atomic mass is 9.79. The van der Waals surface area contributed by atoms with Gasteiger partial charge in [-0.05, 0) is 123 Å². The zero-order valence-corrected chi connectivity index (χ0v) is 32.3. The van der Waals surface area contributed by atoms with Gasteiger partial charge in [0.2, 0.25) is 0 Å². The molecular weight excluding hydrogens is 665 g/mol. The SMILES string of the molecule is CC1C=CC=CC1N(c1ccccc1)c1cc2c(c3ccccc13)-c1cc3c(cc1C2(C)C)-c1ccc(N(c2ccccc2)c2ccccc2)cc1C3(C)C. The van der Waals surface area contributed by atoms with E-state index < -0.39 is 0 Å². The molecule has 0 N–H and O–H groups in total. The van der Waals surface area contributed by atoms with Gasteiger partial charge in [0.25, 0.3) is 0 Å². The van der Waals surface area contributed by atoms with Gasteiger partial charge in [-0.15, -0.1) is 0 Å². The van der Waals surface area contributed by atoms with E-state index in [2.05, 4.69) is 220 Å². The fourth-order valence-electron chi connectivity index (χ4n) is 9.81. The highest BCUT2D eigenvalue weighted by molar-refractivity contribution is 6.09. The standard InChI is InChI=1S/C53H46N2/c1-35-19-15-18-28-49(35)55(38-24-13-8-14-25-38)50-34-48-51(42-27-17-16-26-41(42)50)44-33-46-43(32-47(44)53(48,4)5)40-30-29-39(31-45(40)52(46,2)3)54(36-20-9-6-10-21-36)37-22-11-7-12-23-37/h6-35,49H,1-5H3. The highest BCUT2D eigenvalue weighted by atomic mass is 15.2. The van der Waals surface area contributed by atoms with Gasteiger partial charge in [-0.1, -0.05) is 144 Å². The fourth-order valence-corrected chi connectivity index (χ4v) is 9.81. The van der Waals surface area contributed by atoms with Crippen molar-refractivity contribution in [2.75, 3.05) is 9.80 Å². The number of fused-ring (bicyclic) bond motifs is 8. The van der Waals surface area contributed by atoms with E-state index >= 15 is 0 Å². The van der Waals surface area contributed by atoms with Crippen LogP contribution in [0.5, 0.6) is 0 Å². The Morgan fingerprint density at radius 1 is 0.436 bits per heavy atom. The predicted octanol–water partition coefficient (Wildman–Crippen LogP) is 14.2. The Morgan fingerprint density at radius 3 is 1.62 bits per heavy atom. The lowest BCUT2D eigenvalue weighted by Crippen LogP contribution is -2.35. The van der Waals surface area contributed by atoms with Crippen molar-refractivity contribution >= 4 is 39.2 Å². The summed E-state index contributed by atoms with van der Waals surface area (Å²) in [5.74, 6) is 0.362. The summed E-state index contributed by atoms with van der Waals surface area (Å²) in [7, 11) is 0. The number of rotatable bonds is 6. The Hall–Kier alpha value is -6.12. The van der Waals surface area contributed by atoms with E-state index in [9.17, 15) is 0 Å². The molecule has 7 aromatic carbocycles. The maximum absolute atomic E-state index is 2.58. The molecule has 2 unspecified atom stereocenters. The average Bonchev–Trinajstić information content (AvgIpc) is 3.58. The molecule has 10 rings (SSSR count). The third kappa shape index (κ3) is 5.08. The van der Waals surface area contributed by atoms with Crippen molar-refractivity contribution in [3.05, 3.63) is 198 Å². The van der Waals surface area contributed by atoms with E-state index in [1.165, 1.54) is 72.3 Å². The Morgan fingerprint density at radius 2 is 0.964 bits per heavy atom. The molecule has 2 heteroatoms. The highest BCUT2D eigenvalue weighted by Crippen LogP contribution is 2.59. The number of nitrogens with zero attached hydrogens (tertiary/aromatic N) is 2. The molecule has 55 heavy (non-hydrogen) atoms. The minimum atomic E-state index is -0.195. The maximum Gasteiger partial charge on any atom is 0.0585 e. The molecule has 3 aliphatic rings. The number of hydrogen-bond acceptors (Lipinski definition) is 2. The molecule has 0 heterocycles. The van der Waals surface area contributed by atoms with Gasteiger partial charge < -0.3 is 9.80 Å². The van der Waals surface area contributed by atoms with Crippen LogP contribution in [-0.4, -0.2) is 6.04 Å². The lowest BCUT2D eigenvalue weighted by Gasteiger charge is -2.37. The van der Waals surface area contributed by atoms with E-state index in [1.54, 1.807) is 0 Å². The summed E-state index contributed by atoms with van der Waals surface area (Å²) in [4.78, 5) is 4.96. The molecule has 0 saturated carbocycles. The Kier molecular flexibility index (Phi) is 7.58. The summed E-state index contributed by atoms with van der Waals surface area (Å²) in [6, 6.07) is 56.5. The van der Waals surface area contributed by atoms with Crippen LogP contribution in [0.3, 0.4) is 0 Å². The van der Waals surface area contributed by atoms with Crippen molar-refractivity contribution in [3.63, 3.8) is 0 Å². The minimum Gasteiger partial charge on any atom is -0.333 e. The van der Waals surface area contributed by atoms with E-state index in [0.29, 0.717) is 5.92 Å². The van der Waals surface area contributed by atoms with Gasteiger partial charge in [0.1, 0.15) is 0 Å². The molecule has 7 aromatic rings. The largest absolute Gasteiger partial charge is 0.333 e. The van der Waals surface area contributed by atoms with Crippen molar-refractivity contribution in [2.24, 2.45) is 5.92 Å². The molecule has 0 bridgehead atoms. The zero-order chi connectivity index (χ0) is 37.5. The van der Waals surface area contributed by atoms with Crippen LogP contribution in [0, 0.1) is 5.92 Å². The molecular formula is C53H46N2. The number of allylic oxidation sites excluding steroid dienone is 2. The van der Waals surface area contributed by atoms with Crippen LogP contribution in [-0.2, 0) is 10.8 Å². The van der Waals surface area contributed by atoms with Gasteiger partial charge in [-0.2, -0.15) is 0 Å². The molecule has 0 radical (unpaired) electrons. The molecule has 3 aliphatic carbocycles. The Bertz CT molecular complexity index is 2630. The molecule has 2 nitrogen and oxygen atoms in total. The molecule has 268 valence electrons. The van der Waals surface area contributed by atoms with Crippen molar-refractivity contribution in [3.8, 4) is 22.3 Å². The zero-order valence-electron chi connectivity index (χ0n) is 32.3. The Balaban J connectivity index is 1.14. The number of anilines is 5. The van der Waals surface area contributed by atoms with E-state index in [-0.39, 0.29) is 16.9 Å². The molecule has 0 aromatic heterocycles. The van der Waals surface area contributed by atoms with E-state index in [0.717, 1.165) is 11.4 Å². The summed E-state index contributed by atoms with van der Waals surface area (Å²) in [5, 5.41) is 2.61. The van der Waals surface area contributed by atoms with Crippen LogP contribution < -0.4 is 9.80 Å². The van der Waals surface area contributed by atoms with E-state index in [1.807, 2.05) is 0 Å². The van der Waals surface area contributed by atoms with Crippen LogP contribution in [0.1, 0.15) is 56.9 Å². The van der Waals surface area contributed by atoms with Crippen molar-refractivity contribution < 1.29 is 0 Å². The first-order chi connectivity index (χ1) is 26.7. The van der Waals surface area contributed by atoms with Crippen LogP contribution in [0.2, 0.25) is 0 Å². The normalized spacial score (nSPS) is 18.1. The first kappa shape index (κ1) is 33.4. The quantitative estimate of drug-likeness (QED) is 0.170. The monoisotopic (exact) mass is 710 g/mol. The van der Waals surface area contributed by atoms with Crippen LogP contribution in [0.4, 0.5) is 28.4 Å². The molecule has 0 aliphatic heterocycles. The van der Waals surface area contributed by atoms with Crippen LogP contribution in [0.25, 0.3) is 33.0 Å². The molecule has 0 saturated heterocycles. The minimum absolute atomic E-state index is 0.182. The maximum atomic E-state index is 2.58. The molecule has 2 atom stereocenters. The van der Waals surface area contributed by atoms with Crippen molar-refractivity contribution in [1.29, 1.82) is 0 Å². The third-order valence-electron chi connectivity index (χ3n) is 12.7. The van der Waals surface area contributed by atoms with Crippen LogP contribution in [0.15, 0.2) is 176 Å². The molecule has 0 spiro atoms. The van der Waals surface area contributed by atoms with Crippen molar-refractivity contribution in [1.82, 2.24) is 0 Å². The number of benzene rings is 7. The lowest BCUT2D eigenvalue weighted by molar-refractivity contribution is 0.609. The topological polar surface area (TPSA) is 6.48 Å². The van der Waals surface area contributed by atoms with Gasteiger partial charge in [0, 0.05) is 44.7 Å². The first-order valence-corrected chi connectivity index (χ1v) is 19.7. The predicted molar refractivity (Wildman–Crippen MR) is 234 cm³/mol. The van der Waals surface area contributed by atoms with Gasteiger partial charge in [-0.3, -0.25) is 0 Å². The average molecular weight is 711 g/mol. The second-order valence-corrected chi connectivity index (χ2v) is 16.6. The van der Waals surface area contributed by atoms with Gasteiger partial charge in [0.15, 0.2) is 0 Å². The summed E-state index contributed by atoms with van der Waals surface area (Å²) in [5.41, 5.74) is 16.6. The number of hydrogen-bond donors (Lipinski definition) is 0. The van der Waals surface area contributed by atoms with Gasteiger partial charge >= 0.3 is 0 Å². The second kappa shape index (κ2) is 12.5. The summed E-state index contributed by atoms with van der Waals surface area (Å²) in [6.45, 7) is 12.0. The smallest absolute Gasteiger partial charge is 0.0585 e. The second-order valence-electron chi connectivity index (χ2n) is 16.6. The number of para-hydroxylation sites is 3. The molecule has 0 fully saturated rings. The fraction of sp³-hybridized carbons (Fsp3) is 0.170.